The lowest BCUT2D eigenvalue weighted by Gasteiger charge is -2.07. The van der Waals surface area contributed by atoms with E-state index in [1.807, 2.05) is 45.2 Å². The summed E-state index contributed by atoms with van der Waals surface area (Å²) in [5, 5.41) is 8.14. The maximum Gasteiger partial charge on any atom is 0.252 e. The van der Waals surface area contributed by atoms with Crippen LogP contribution >= 0.6 is 0 Å². The molecule has 23 heavy (non-hydrogen) atoms. The molecule has 3 aromatic rings. The van der Waals surface area contributed by atoms with Gasteiger partial charge in [0.15, 0.2) is 5.65 Å². The molecular weight excluding hydrogens is 290 g/mol. The van der Waals surface area contributed by atoms with Gasteiger partial charge in [0.2, 0.25) is 0 Å². The molecule has 0 aliphatic heterocycles. The normalized spacial score (nSPS) is 10.9. The molecule has 0 aliphatic rings. The molecule has 6 nitrogen and oxygen atoms in total. The highest BCUT2D eigenvalue weighted by molar-refractivity contribution is 6.06. The molecule has 118 valence electrons. The van der Waals surface area contributed by atoms with E-state index >= 15 is 0 Å². The molecule has 0 saturated carbocycles. The van der Waals surface area contributed by atoms with Gasteiger partial charge in [-0.3, -0.25) is 14.5 Å². The van der Waals surface area contributed by atoms with Crippen LogP contribution in [0.4, 0.5) is 0 Å². The van der Waals surface area contributed by atoms with E-state index in [1.165, 1.54) is 0 Å². The molecule has 0 spiro atoms. The molecule has 0 fully saturated rings. The Hall–Kier alpha value is -2.76. The van der Waals surface area contributed by atoms with Crippen molar-refractivity contribution in [2.24, 2.45) is 7.05 Å². The van der Waals surface area contributed by atoms with Crippen molar-refractivity contribution >= 4 is 16.9 Å². The lowest BCUT2D eigenvalue weighted by molar-refractivity contribution is 0.0955. The smallest absolute Gasteiger partial charge is 0.252 e. The second-order valence-electron chi connectivity index (χ2n) is 5.55. The summed E-state index contributed by atoms with van der Waals surface area (Å²) in [5.41, 5.74) is 3.93. The minimum absolute atomic E-state index is 0.104. The van der Waals surface area contributed by atoms with Gasteiger partial charge in [-0.1, -0.05) is 6.07 Å². The highest BCUT2D eigenvalue weighted by Gasteiger charge is 2.17. The van der Waals surface area contributed by atoms with E-state index < -0.39 is 0 Å². The third kappa shape index (κ3) is 3.06. The highest BCUT2D eigenvalue weighted by Crippen LogP contribution is 2.21. The zero-order valence-electron chi connectivity index (χ0n) is 13.5. The summed E-state index contributed by atoms with van der Waals surface area (Å²) in [7, 11) is 1.84. The van der Waals surface area contributed by atoms with Gasteiger partial charge in [0, 0.05) is 37.6 Å². The quantitative estimate of drug-likeness (QED) is 0.799. The number of carbonyl (C=O) groups excluding carboxylic acids is 1. The molecular formula is C17H19N5O. The molecule has 0 atom stereocenters. The lowest BCUT2D eigenvalue weighted by atomic mass is 10.1. The molecule has 0 unspecified atom stereocenters. The van der Waals surface area contributed by atoms with Crippen LogP contribution in [0, 0.1) is 13.8 Å². The van der Waals surface area contributed by atoms with E-state index in [4.69, 9.17) is 0 Å². The van der Waals surface area contributed by atoms with Crippen molar-refractivity contribution in [1.29, 1.82) is 0 Å². The summed E-state index contributed by atoms with van der Waals surface area (Å²) in [6, 6.07) is 7.59. The minimum Gasteiger partial charge on any atom is -0.352 e. The number of carbonyl (C=O) groups is 1. The number of hydrogen-bond donors (Lipinski definition) is 1. The van der Waals surface area contributed by atoms with Gasteiger partial charge in [-0.2, -0.15) is 5.10 Å². The summed E-state index contributed by atoms with van der Waals surface area (Å²) < 4.78 is 1.71. The average Bonchev–Trinajstić information content (AvgIpc) is 2.82. The average molecular weight is 309 g/mol. The van der Waals surface area contributed by atoms with Crippen LogP contribution < -0.4 is 5.32 Å². The van der Waals surface area contributed by atoms with Crippen molar-refractivity contribution in [3.05, 3.63) is 53.1 Å². The topological polar surface area (TPSA) is 72.7 Å². The van der Waals surface area contributed by atoms with Crippen molar-refractivity contribution in [3.63, 3.8) is 0 Å². The summed E-state index contributed by atoms with van der Waals surface area (Å²) in [6.07, 6.45) is 2.46. The lowest BCUT2D eigenvalue weighted by Crippen LogP contribution is -2.26. The number of hydrogen-bond acceptors (Lipinski definition) is 4. The predicted octanol–water partition coefficient (Wildman–Crippen LogP) is 1.95. The van der Waals surface area contributed by atoms with Gasteiger partial charge in [0.1, 0.15) is 0 Å². The molecule has 0 bridgehead atoms. The van der Waals surface area contributed by atoms with E-state index in [9.17, 15) is 4.79 Å². The van der Waals surface area contributed by atoms with Crippen LogP contribution in [0.1, 0.15) is 27.4 Å². The Kier molecular flexibility index (Phi) is 4.06. The van der Waals surface area contributed by atoms with Crippen molar-refractivity contribution in [1.82, 2.24) is 25.1 Å². The monoisotopic (exact) mass is 309 g/mol. The second kappa shape index (κ2) is 6.16. The summed E-state index contributed by atoms with van der Waals surface area (Å²) in [6.45, 7) is 4.31. The van der Waals surface area contributed by atoms with Crippen LogP contribution in [-0.2, 0) is 13.5 Å². The van der Waals surface area contributed by atoms with Gasteiger partial charge >= 0.3 is 0 Å². The Bertz CT molecular complexity index is 854. The fourth-order valence-corrected chi connectivity index (χ4v) is 2.69. The maximum absolute atomic E-state index is 12.6. The van der Waals surface area contributed by atoms with E-state index in [-0.39, 0.29) is 5.91 Å². The summed E-state index contributed by atoms with van der Waals surface area (Å²) >= 11 is 0. The summed E-state index contributed by atoms with van der Waals surface area (Å²) in [4.78, 5) is 21.3. The highest BCUT2D eigenvalue weighted by atomic mass is 16.1. The SMILES string of the molecule is Cc1cc(C(=O)NCCc2ccccn2)c2c(C)nn(C)c2n1. The number of amides is 1. The van der Waals surface area contributed by atoms with Gasteiger partial charge < -0.3 is 5.32 Å². The van der Waals surface area contributed by atoms with Gasteiger partial charge in [-0.15, -0.1) is 0 Å². The largest absolute Gasteiger partial charge is 0.352 e. The number of nitrogens with one attached hydrogen (secondary N) is 1. The molecule has 0 aromatic carbocycles. The molecule has 3 aromatic heterocycles. The third-order valence-electron chi connectivity index (χ3n) is 3.73. The molecule has 0 aliphatic carbocycles. The minimum atomic E-state index is -0.104. The van der Waals surface area contributed by atoms with Crippen molar-refractivity contribution in [3.8, 4) is 0 Å². The number of aromatic nitrogens is 4. The van der Waals surface area contributed by atoms with E-state index in [0.717, 1.165) is 28.1 Å². The predicted molar refractivity (Wildman–Crippen MR) is 88.3 cm³/mol. The standard InChI is InChI=1S/C17H19N5O/c1-11-10-14(15-12(2)21-22(3)16(15)20-11)17(23)19-9-7-13-6-4-5-8-18-13/h4-6,8,10H,7,9H2,1-3H3,(H,19,23). The van der Waals surface area contributed by atoms with Gasteiger partial charge in [-0.25, -0.2) is 4.98 Å². The molecule has 1 N–H and O–H groups in total. The number of rotatable bonds is 4. The number of aryl methyl sites for hydroxylation is 3. The van der Waals surface area contributed by atoms with Gasteiger partial charge in [0.05, 0.1) is 16.6 Å². The van der Waals surface area contributed by atoms with Crippen LogP contribution in [0.2, 0.25) is 0 Å². The molecule has 6 heteroatoms. The number of fused-ring (bicyclic) bond motifs is 1. The van der Waals surface area contributed by atoms with Crippen LogP contribution in [0.25, 0.3) is 11.0 Å². The first kappa shape index (κ1) is 15.1. The fourth-order valence-electron chi connectivity index (χ4n) is 2.69. The van der Waals surface area contributed by atoms with Crippen LogP contribution in [0.15, 0.2) is 30.5 Å². The fraction of sp³-hybridized carbons (Fsp3) is 0.294. The Morgan fingerprint density at radius 1 is 1.30 bits per heavy atom. The molecule has 3 heterocycles. The number of nitrogens with zero attached hydrogens (tertiary/aromatic N) is 4. The van der Waals surface area contributed by atoms with Crippen molar-refractivity contribution < 1.29 is 4.79 Å². The first-order valence-corrected chi connectivity index (χ1v) is 7.55. The molecule has 1 amide bonds. The Balaban J connectivity index is 1.81. The van der Waals surface area contributed by atoms with Crippen LogP contribution in [-0.4, -0.2) is 32.2 Å². The van der Waals surface area contributed by atoms with E-state index in [1.54, 1.807) is 10.9 Å². The molecule has 0 radical (unpaired) electrons. The van der Waals surface area contributed by atoms with E-state index in [2.05, 4.69) is 20.4 Å². The van der Waals surface area contributed by atoms with Crippen molar-refractivity contribution in [2.45, 2.75) is 20.3 Å². The number of pyridine rings is 2. The van der Waals surface area contributed by atoms with Crippen molar-refractivity contribution in [2.75, 3.05) is 6.54 Å². The van der Waals surface area contributed by atoms with Crippen LogP contribution in [0.5, 0.6) is 0 Å². The Morgan fingerprint density at radius 2 is 2.13 bits per heavy atom. The summed E-state index contributed by atoms with van der Waals surface area (Å²) in [5.74, 6) is -0.104. The first-order valence-electron chi connectivity index (χ1n) is 7.55. The Labute approximate surface area is 134 Å². The van der Waals surface area contributed by atoms with Crippen LogP contribution in [0.3, 0.4) is 0 Å². The first-order chi connectivity index (χ1) is 11.1. The zero-order chi connectivity index (χ0) is 16.4. The van der Waals surface area contributed by atoms with Gasteiger partial charge in [-0.05, 0) is 32.0 Å². The maximum atomic E-state index is 12.6. The molecule has 3 rings (SSSR count). The third-order valence-corrected chi connectivity index (χ3v) is 3.73. The van der Waals surface area contributed by atoms with E-state index in [0.29, 0.717) is 18.5 Å². The second-order valence-corrected chi connectivity index (χ2v) is 5.55. The Morgan fingerprint density at radius 3 is 2.87 bits per heavy atom. The molecule has 0 saturated heterocycles. The zero-order valence-corrected chi connectivity index (χ0v) is 13.5. The van der Waals surface area contributed by atoms with Gasteiger partial charge in [0.25, 0.3) is 5.91 Å².